The molecule has 0 radical (unpaired) electrons. The van der Waals surface area contributed by atoms with Gasteiger partial charge >= 0.3 is 0 Å². The summed E-state index contributed by atoms with van der Waals surface area (Å²) in [5.41, 5.74) is 3.19. The van der Waals surface area contributed by atoms with Crippen LogP contribution in [0, 0.1) is 13.8 Å². The monoisotopic (exact) mass is 477 g/mol. The molecule has 0 saturated carbocycles. The first kappa shape index (κ1) is 23.4. The molecule has 0 aromatic heterocycles. The van der Waals surface area contributed by atoms with E-state index in [1.165, 1.54) is 18.1 Å². The van der Waals surface area contributed by atoms with Crippen molar-refractivity contribution in [2.45, 2.75) is 19.9 Å². The van der Waals surface area contributed by atoms with Crippen molar-refractivity contribution < 1.29 is 24.2 Å². The van der Waals surface area contributed by atoms with E-state index < -0.39 is 17.7 Å². The molecule has 0 aliphatic carbocycles. The number of hydrogen-bond donors (Lipinski definition) is 1. The molecule has 0 bridgehead atoms. The number of carbonyl (C=O) groups is 2. The number of halogens is 1. The van der Waals surface area contributed by atoms with Crippen molar-refractivity contribution in [1.29, 1.82) is 0 Å². The molecule has 1 saturated heterocycles. The molecule has 1 aliphatic rings. The second-order valence-corrected chi connectivity index (χ2v) is 8.51. The number of methoxy groups -OCH3 is 2. The Morgan fingerprint density at radius 3 is 2.29 bits per heavy atom. The molecule has 1 atom stereocenters. The van der Waals surface area contributed by atoms with Crippen LogP contribution in [0.1, 0.15) is 28.3 Å². The summed E-state index contributed by atoms with van der Waals surface area (Å²) >= 11 is 6.17. The molecule has 6 nitrogen and oxygen atoms in total. The number of aliphatic hydroxyl groups excluding tert-OH is 1. The molecule has 1 aliphatic heterocycles. The lowest BCUT2D eigenvalue weighted by Crippen LogP contribution is -2.30. The molecule has 1 N–H and O–H groups in total. The average Bonchev–Trinajstić information content (AvgIpc) is 3.10. The number of benzene rings is 3. The van der Waals surface area contributed by atoms with E-state index in [2.05, 4.69) is 0 Å². The van der Waals surface area contributed by atoms with Crippen LogP contribution in [0.2, 0.25) is 5.02 Å². The summed E-state index contributed by atoms with van der Waals surface area (Å²) in [6.07, 6.45) is 0. The topological polar surface area (TPSA) is 76.1 Å². The quantitative estimate of drug-likeness (QED) is 0.294. The summed E-state index contributed by atoms with van der Waals surface area (Å²) in [7, 11) is 3.01. The maximum absolute atomic E-state index is 13.4. The van der Waals surface area contributed by atoms with E-state index in [9.17, 15) is 14.7 Å². The van der Waals surface area contributed by atoms with Crippen LogP contribution in [0.25, 0.3) is 5.76 Å². The Kier molecular flexibility index (Phi) is 6.35. The predicted molar refractivity (Wildman–Crippen MR) is 132 cm³/mol. The number of amides is 1. The molecule has 174 valence electrons. The Balaban J connectivity index is 2.01. The van der Waals surface area contributed by atoms with Crippen molar-refractivity contribution in [1.82, 2.24) is 0 Å². The molecule has 34 heavy (non-hydrogen) atoms. The normalized spacial score (nSPS) is 17.2. The van der Waals surface area contributed by atoms with E-state index in [4.69, 9.17) is 21.1 Å². The predicted octanol–water partition coefficient (Wildman–Crippen LogP) is 5.60. The van der Waals surface area contributed by atoms with E-state index in [1.54, 1.807) is 43.5 Å². The Bertz CT molecular complexity index is 1310. The number of carbonyl (C=O) groups excluding carboxylic acids is 2. The van der Waals surface area contributed by atoms with Gasteiger partial charge in [-0.2, -0.15) is 0 Å². The molecule has 7 heteroatoms. The lowest BCUT2D eigenvalue weighted by molar-refractivity contribution is -0.132. The minimum absolute atomic E-state index is 0.0448. The second-order valence-electron chi connectivity index (χ2n) is 8.08. The van der Waals surface area contributed by atoms with Gasteiger partial charge in [0, 0.05) is 10.7 Å². The van der Waals surface area contributed by atoms with Crippen LogP contribution in [0.3, 0.4) is 0 Å². The first-order chi connectivity index (χ1) is 16.3. The maximum Gasteiger partial charge on any atom is 0.300 e. The minimum atomic E-state index is -0.866. The SMILES string of the molecule is COc1ccc(C2/C(=C(\O)c3cc(Cl)ccc3OC)C(=O)C(=O)N2c2cc(C)ccc2C)cc1. The van der Waals surface area contributed by atoms with E-state index in [1.807, 2.05) is 32.0 Å². The summed E-state index contributed by atoms with van der Waals surface area (Å²) in [6, 6.07) is 16.6. The van der Waals surface area contributed by atoms with Crippen LogP contribution in [0.4, 0.5) is 5.69 Å². The summed E-state index contributed by atoms with van der Waals surface area (Å²) in [6.45, 7) is 3.79. The van der Waals surface area contributed by atoms with Crippen molar-refractivity contribution in [3.63, 3.8) is 0 Å². The summed E-state index contributed by atoms with van der Waals surface area (Å²) in [4.78, 5) is 28.2. The molecule has 4 rings (SSSR count). The number of hydrogen-bond acceptors (Lipinski definition) is 5. The summed E-state index contributed by atoms with van der Waals surface area (Å²) < 4.78 is 10.6. The maximum atomic E-state index is 13.4. The molecule has 0 spiro atoms. The number of Topliss-reactive ketones (excluding diaryl/α,β-unsaturated/α-hetero) is 1. The van der Waals surface area contributed by atoms with Gasteiger partial charge in [-0.25, -0.2) is 0 Å². The zero-order valence-electron chi connectivity index (χ0n) is 19.3. The molecule has 3 aromatic rings. The summed E-state index contributed by atoms with van der Waals surface area (Å²) in [5, 5.41) is 11.7. The van der Waals surface area contributed by atoms with Gasteiger partial charge in [-0.15, -0.1) is 0 Å². The van der Waals surface area contributed by atoms with E-state index in [-0.39, 0.29) is 16.9 Å². The Morgan fingerprint density at radius 1 is 0.941 bits per heavy atom. The lowest BCUT2D eigenvalue weighted by Gasteiger charge is -2.27. The van der Waals surface area contributed by atoms with Crippen LogP contribution < -0.4 is 14.4 Å². The van der Waals surface area contributed by atoms with Gasteiger partial charge in [0.15, 0.2) is 0 Å². The zero-order chi connectivity index (χ0) is 24.6. The van der Waals surface area contributed by atoms with E-state index in [0.29, 0.717) is 27.8 Å². The van der Waals surface area contributed by atoms with Crippen LogP contribution in [0.5, 0.6) is 11.5 Å². The number of aliphatic hydroxyl groups is 1. The molecule has 1 unspecified atom stereocenters. The number of rotatable bonds is 5. The number of anilines is 1. The van der Waals surface area contributed by atoms with Gasteiger partial charge in [-0.1, -0.05) is 35.9 Å². The molecule has 3 aromatic carbocycles. The first-order valence-corrected chi connectivity index (χ1v) is 11.0. The van der Waals surface area contributed by atoms with Crippen LogP contribution in [-0.4, -0.2) is 31.0 Å². The largest absolute Gasteiger partial charge is 0.507 e. The van der Waals surface area contributed by atoms with Gasteiger partial charge in [0.25, 0.3) is 11.7 Å². The number of nitrogens with zero attached hydrogens (tertiary/aromatic N) is 1. The molecule has 1 heterocycles. The van der Waals surface area contributed by atoms with Gasteiger partial charge in [-0.05, 0) is 66.9 Å². The third kappa shape index (κ3) is 4.01. The standard InChI is InChI=1S/C27H24ClNO5/c1-15-5-6-16(2)21(13-15)29-24(17-7-10-19(33-3)11-8-17)23(26(31)27(29)32)25(30)20-14-18(28)9-12-22(20)34-4/h5-14,24,30H,1-4H3/b25-23+. The fraction of sp³-hybridized carbons (Fsp3) is 0.185. The number of ketones is 1. The highest BCUT2D eigenvalue weighted by atomic mass is 35.5. The smallest absolute Gasteiger partial charge is 0.300 e. The fourth-order valence-electron chi connectivity index (χ4n) is 4.17. The van der Waals surface area contributed by atoms with Crippen LogP contribution >= 0.6 is 11.6 Å². The Morgan fingerprint density at radius 2 is 1.65 bits per heavy atom. The molecule has 1 amide bonds. The lowest BCUT2D eigenvalue weighted by atomic mass is 9.94. The number of ether oxygens (including phenoxy) is 2. The van der Waals surface area contributed by atoms with Crippen molar-refractivity contribution in [3.8, 4) is 11.5 Å². The Hall–Kier alpha value is -3.77. The van der Waals surface area contributed by atoms with E-state index in [0.717, 1.165) is 11.1 Å². The van der Waals surface area contributed by atoms with Gasteiger partial charge in [0.1, 0.15) is 17.3 Å². The first-order valence-electron chi connectivity index (χ1n) is 10.6. The van der Waals surface area contributed by atoms with Crippen LogP contribution in [0.15, 0.2) is 66.2 Å². The minimum Gasteiger partial charge on any atom is -0.507 e. The second kappa shape index (κ2) is 9.23. The van der Waals surface area contributed by atoms with Crippen LogP contribution in [-0.2, 0) is 9.59 Å². The van der Waals surface area contributed by atoms with Crippen molar-refractivity contribution in [2.75, 3.05) is 19.1 Å². The van der Waals surface area contributed by atoms with Crippen molar-refractivity contribution >= 4 is 34.7 Å². The van der Waals surface area contributed by atoms with Gasteiger partial charge in [-0.3, -0.25) is 14.5 Å². The van der Waals surface area contributed by atoms with Gasteiger partial charge < -0.3 is 14.6 Å². The molecular formula is C27H24ClNO5. The zero-order valence-corrected chi connectivity index (χ0v) is 20.0. The highest BCUT2D eigenvalue weighted by Crippen LogP contribution is 2.44. The van der Waals surface area contributed by atoms with Gasteiger partial charge in [0.2, 0.25) is 0 Å². The van der Waals surface area contributed by atoms with E-state index >= 15 is 0 Å². The average molecular weight is 478 g/mol. The highest BCUT2D eigenvalue weighted by Gasteiger charge is 2.47. The fourth-order valence-corrected chi connectivity index (χ4v) is 4.34. The molecule has 1 fully saturated rings. The van der Waals surface area contributed by atoms with Crippen molar-refractivity contribution in [3.05, 3.63) is 93.5 Å². The summed E-state index contributed by atoms with van der Waals surface area (Å²) in [5.74, 6) is -0.915. The van der Waals surface area contributed by atoms with Crippen molar-refractivity contribution in [2.24, 2.45) is 0 Å². The number of aryl methyl sites for hydroxylation is 2. The van der Waals surface area contributed by atoms with Gasteiger partial charge in [0.05, 0.1) is 31.4 Å². The Labute approximate surface area is 203 Å². The third-order valence-electron chi connectivity index (χ3n) is 5.92. The molecular weight excluding hydrogens is 454 g/mol. The third-order valence-corrected chi connectivity index (χ3v) is 6.15. The highest BCUT2D eigenvalue weighted by molar-refractivity contribution is 6.52.